The quantitative estimate of drug-likeness (QED) is 0.794. The summed E-state index contributed by atoms with van der Waals surface area (Å²) >= 11 is 5.50. The van der Waals surface area contributed by atoms with Gasteiger partial charge in [0.2, 0.25) is 0 Å². The minimum absolute atomic E-state index is 0.663. The molecule has 114 valence electrons. The molecule has 0 atom stereocenters. The summed E-state index contributed by atoms with van der Waals surface area (Å²) in [6.07, 6.45) is 2.70. The van der Waals surface area contributed by atoms with Crippen LogP contribution < -0.4 is 4.74 Å². The van der Waals surface area contributed by atoms with E-state index < -0.39 is 0 Å². The van der Waals surface area contributed by atoms with Crippen molar-refractivity contribution in [2.75, 3.05) is 19.7 Å². The van der Waals surface area contributed by atoms with Gasteiger partial charge in [-0.3, -0.25) is 4.90 Å². The zero-order valence-electron chi connectivity index (χ0n) is 12.8. The Morgan fingerprint density at radius 3 is 2.86 bits per heavy atom. The molecule has 5 heteroatoms. The van der Waals surface area contributed by atoms with Crippen molar-refractivity contribution in [3.63, 3.8) is 0 Å². The Balaban J connectivity index is 1.86. The van der Waals surface area contributed by atoms with Crippen molar-refractivity contribution in [1.82, 2.24) is 14.5 Å². The maximum Gasteiger partial charge on any atom is 0.178 e. The van der Waals surface area contributed by atoms with Crippen LogP contribution in [0.1, 0.15) is 26.7 Å². The van der Waals surface area contributed by atoms with Crippen molar-refractivity contribution in [3.8, 4) is 5.75 Å². The van der Waals surface area contributed by atoms with E-state index in [4.69, 9.17) is 17.0 Å². The second-order valence-electron chi connectivity index (χ2n) is 5.52. The minimum Gasteiger partial charge on any atom is -0.492 e. The van der Waals surface area contributed by atoms with Gasteiger partial charge in [-0.05, 0) is 50.7 Å². The molecule has 1 aliphatic rings. The van der Waals surface area contributed by atoms with E-state index in [0.29, 0.717) is 6.61 Å². The first-order valence-electron chi connectivity index (χ1n) is 7.83. The van der Waals surface area contributed by atoms with Crippen molar-refractivity contribution >= 4 is 23.3 Å². The number of hydrogen-bond acceptors (Lipinski definition) is 3. The van der Waals surface area contributed by atoms with Crippen molar-refractivity contribution in [1.29, 1.82) is 0 Å². The number of aromatic nitrogens is 2. The highest BCUT2D eigenvalue weighted by Crippen LogP contribution is 2.27. The van der Waals surface area contributed by atoms with E-state index in [2.05, 4.69) is 27.4 Å². The van der Waals surface area contributed by atoms with Crippen molar-refractivity contribution in [3.05, 3.63) is 23.0 Å². The number of aromatic amines is 1. The number of nitrogens with one attached hydrogen (secondary N) is 1. The molecule has 0 bridgehead atoms. The average Bonchev–Trinajstić information content (AvgIpc) is 3.26. The predicted molar refractivity (Wildman–Crippen MR) is 88.6 cm³/mol. The summed E-state index contributed by atoms with van der Waals surface area (Å²) < 4.78 is 8.66. The molecule has 1 heterocycles. The van der Waals surface area contributed by atoms with Crippen molar-refractivity contribution < 1.29 is 4.74 Å². The smallest absolute Gasteiger partial charge is 0.178 e. The number of benzene rings is 1. The van der Waals surface area contributed by atoms with E-state index in [1.54, 1.807) is 0 Å². The van der Waals surface area contributed by atoms with Gasteiger partial charge in [-0.1, -0.05) is 13.0 Å². The highest BCUT2D eigenvalue weighted by atomic mass is 32.1. The van der Waals surface area contributed by atoms with Gasteiger partial charge in [0.25, 0.3) is 0 Å². The first-order valence-corrected chi connectivity index (χ1v) is 8.23. The fraction of sp³-hybridized carbons (Fsp3) is 0.562. The predicted octanol–water partition coefficient (Wildman–Crippen LogP) is 3.58. The minimum atomic E-state index is 0.663. The molecule has 1 fully saturated rings. The lowest BCUT2D eigenvalue weighted by atomic mass is 10.3. The van der Waals surface area contributed by atoms with E-state index >= 15 is 0 Å². The first-order chi connectivity index (χ1) is 10.2. The van der Waals surface area contributed by atoms with E-state index in [9.17, 15) is 0 Å². The lowest BCUT2D eigenvalue weighted by molar-refractivity contribution is 0.267. The fourth-order valence-electron chi connectivity index (χ4n) is 2.92. The third-order valence-electron chi connectivity index (χ3n) is 4.15. The number of likely N-dealkylation sites (N-methyl/N-ethyl adjacent to an activating group) is 1. The van der Waals surface area contributed by atoms with Crippen LogP contribution in [0, 0.1) is 4.77 Å². The molecule has 1 saturated carbocycles. The summed E-state index contributed by atoms with van der Waals surface area (Å²) in [6.45, 7) is 8.00. The maximum absolute atomic E-state index is 5.68. The molecule has 1 N–H and O–H groups in total. The molecule has 21 heavy (non-hydrogen) atoms. The Bertz CT molecular complexity index is 672. The molecule has 1 aliphatic carbocycles. The number of para-hydroxylation sites is 1. The Hall–Kier alpha value is -1.33. The molecule has 0 saturated heterocycles. The number of nitrogens with zero attached hydrogens (tertiary/aromatic N) is 2. The van der Waals surface area contributed by atoms with Gasteiger partial charge in [-0.15, -0.1) is 0 Å². The highest BCUT2D eigenvalue weighted by molar-refractivity contribution is 7.71. The number of hydrogen-bond donors (Lipinski definition) is 1. The number of imidazole rings is 1. The zero-order chi connectivity index (χ0) is 14.8. The van der Waals surface area contributed by atoms with Gasteiger partial charge in [-0.2, -0.15) is 0 Å². The Morgan fingerprint density at radius 2 is 2.19 bits per heavy atom. The fourth-order valence-corrected chi connectivity index (χ4v) is 3.21. The standard InChI is InChI=1S/C16H23N3OS/c1-3-18(12-8-9-12)10-11-19-13-6-5-7-14(20-4-2)15(13)17-16(19)21/h5-7,12H,3-4,8-11H2,1-2H3,(H,17,21). The van der Waals surface area contributed by atoms with E-state index in [1.807, 2.05) is 19.1 Å². The van der Waals surface area contributed by atoms with Gasteiger partial charge in [0.1, 0.15) is 11.3 Å². The molecular formula is C16H23N3OS. The van der Waals surface area contributed by atoms with Gasteiger partial charge in [0.15, 0.2) is 4.77 Å². The molecule has 0 aliphatic heterocycles. The van der Waals surface area contributed by atoms with Gasteiger partial charge in [-0.25, -0.2) is 0 Å². The highest BCUT2D eigenvalue weighted by Gasteiger charge is 2.27. The van der Waals surface area contributed by atoms with E-state index in [0.717, 1.165) is 47.2 Å². The molecule has 2 aromatic rings. The van der Waals surface area contributed by atoms with Crippen LogP contribution in [0.4, 0.5) is 0 Å². The molecule has 4 nitrogen and oxygen atoms in total. The van der Waals surface area contributed by atoms with Crippen molar-refractivity contribution in [2.24, 2.45) is 0 Å². The lowest BCUT2D eigenvalue weighted by Gasteiger charge is -2.20. The number of fused-ring (bicyclic) bond motifs is 1. The first kappa shape index (κ1) is 14.6. The second-order valence-corrected chi connectivity index (χ2v) is 5.91. The van der Waals surface area contributed by atoms with Gasteiger partial charge < -0.3 is 14.3 Å². The third-order valence-corrected chi connectivity index (χ3v) is 4.47. The summed E-state index contributed by atoms with van der Waals surface area (Å²) in [5.74, 6) is 0.884. The molecule has 0 amide bonds. The van der Waals surface area contributed by atoms with Gasteiger partial charge in [0.05, 0.1) is 12.1 Å². The summed E-state index contributed by atoms with van der Waals surface area (Å²) in [5.41, 5.74) is 2.15. The number of H-pyrrole nitrogens is 1. The monoisotopic (exact) mass is 305 g/mol. The molecule has 1 aromatic heterocycles. The zero-order valence-corrected chi connectivity index (χ0v) is 13.6. The van der Waals surface area contributed by atoms with Crippen LogP contribution in [0.25, 0.3) is 11.0 Å². The molecule has 0 radical (unpaired) electrons. The lowest BCUT2D eigenvalue weighted by Crippen LogP contribution is -2.29. The van der Waals surface area contributed by atoms with Crippen molar-refractivity contribution in [2.45, 2.75) is 39.3 Å². The van der Waals surface area contributed by atoms with Gasteiger partial charge in [0, 0.05) is 19.1 Å². The third kappa shape index (κ3) is 2.99. The summed E-state index contributed by atoms with van der Waals surface area (Å²) in [5, 5.41) is 0. The van der Waals surface area contributed by atoms with Crippen LogP contribution in [0.2, 0.25) is 0 Å². The Labute approximate surface area is 130 Å². The topological polar surface area (TPSA) is 33.2 Å². The van der Waals surface area contributed by atoms with Crippen LogP contribution in [0.5, 0.6) is 5.75 Å². The number of rotatable bonds is 7. The molecule has 3 rings (SSSR count). The van der Waals surface area contributed by atoms with E-state index in [-0.39, 0.29) is 0 Å². The van der Waals surface area contributed by atoms with Gasteiger partial charge >= 0.3 is 0 Å². The van der Waals surface area contributed by atoms with Crippen LogP contribution in [-0.4, -0.2) is 40.2 Å². The maximum atomic E-state index is 5.68. The average molecular weight is 305 g/mol. The van der Waals surface area contributed by atoms with Crippen LogP contribution in [0.3, 0.4) is 0 Å². The van der Waals surface area contributed by atoms with Crippen LogP contribution >= 0.6 is 12.2 Å². The molecule has 0 spiro atoms. The SMILES string of the molecule is CCOc1cccc2c1[nH]c(=S)n2CCN(CC)C1CC1. The summed E-state index contributed by atoms with van der Waals surface area (Å²) in [6, 6.07) is 6.93. The second kappa shape index (κ2) is 6.20. The molecule has 1 aromatic carbocycles. The molecular weight excluding hydrogens is 282 g/mol. The van der Waals surface area contributed by atoms with Crippen LogP contribution in [-0.2, 0) is 6.54 Å². The Morgan fingerprint density at radius 1 is 1.38 bits per heavy atom. The largest absolute Gasteiger partial charge is 0.492 e. The summed E-state index contributed by atoms with van der Waals surface area (Å²) in [4.78, 5) is 5.85. The molecule has 0 unspecified atom stereocenters. The summed E-state index contributed by atoms with van der Waals surface area (Å²) in [7, 11) is 0. The normalized spacial score (nSPS) is 15.0. The van der Waals surface area contributed by atoms with Crippen LogP contribution in [0.15, 0.2) is 18.2 Å². The van der Waals surface area contributed by atoms with E-state index in [1.165, 1.54) is 12.8 Å². The number of ether oxygens (including phenoxy) is 1. The Kier molecular flexibility index (Phi) is 4.31.